The third kappa shape index (κ3) is 2.23. The second kappa shape index (κ2) is 5.19. The summed E-state index contributed by atoms with van der Waals surface area (Å²) in [5.41, 5.74) is 4.64. The van der Waals surface area contributed by atoms with Crippen molar-refractivity contribution in [2.24, 2.45) is 5.92 Å². The first-order valence-corrected chi connectivity index (χ1v) is 7.81. The highest BCUT2D eigenvalue weighted by Crippen LogP contribution is 2.45. The maximum Gasteiger partial charge on any atom is 0.256 e. The predicted molar refractivity (Wildman–Crippen MR) is 77.9 cm³/mol. The number of unbranched alkanes of at least 4 members (excludes halogenated alkanes) is 1. The number of imide groups is 1. The van der Waals surface area contributed by atoms with Gasteiger partial charge in [-0.05, 0) is 64.7 Å². The SMILES string of the molecule is CC1=C(C)C(=O)N(CCCCC2=C3CCC(C2)C3)C1=O. The molecule has 3 aliphatic rings. The molecule has 0 aromatic carbocycles. The molecule has 2 bridgehead atoms. The van der Waals surface area contributed by atoms with Crippen LogP contribution in [-0.2, 0) is 9.59 Å². The topological polar surface area (TPSA) is 37.4 Å². The van der Waals surface area contributed by atoms with Gasteiger partial charge in [-0.2, -0.15) is 0 Å². The van der Waals surface area contributed by atoms with Crippen molar-refractivity contribution in [2.75, 3.05) is 6.54 Å². The van der Waals surface area contributed by atoms with Crippen LogP contribution < -0.4 is 0 Å². The van der Waals surface area contributed by atoms with E-state index in [1.54, 1.807) is 25.0 Å². The van der Waals surface area contributed by atoms with Crippen molar-refractivity contribution in [1.82, 2.24) is 4.90 Å². The molecule has 0 spiro atoms. The smallest absolute Gasteiger partial charge is 0.256 e. The molecule has 0 radical (unpaired) electrons. The molecule has 108 valence electrons. The van der Waals surface area contributed by atoms with Crippen LogP contribution in [0.5, 0.6) is 0 Å². The van der Waals surface area contributed by atoms with Gasteiger partial charge in [0.1, 0.15) is 0 Å². The van der Waals surface area contributed by atoms with Crippen molar-refractivity contribution in [2.45, 2.75) is 58.8 Å². The molecule has 20 heavy (non-hydrogen) atoms. The molecular formula is C17H23NO2. The highest BCUT2D eigenvalue weighted by atomic mass is 16.2. The van der Waals surface area contributed by atoms with Gasteiger partial charge in [0, 0.05) is 17.7 Å². The van der Waals surface area contributed by atoms with E-state index in [4.69, 9.17) is 0 Å². The van der Waals surface area contributed by atoms with Crippen molar-refractivity contribution in [3.05, 3.63) is 22.3 Å². The summed E-state index contributed by atoms with van der Waals surface area (Å²) >= 11 is 0. The van der Waals surface area contributed by atoms with Crippen LogP contribution in [0, 0.1) is 5.92 Å². The Bertz CT molecular complexity index is 503. The molecule has 1 fully saturated rings. The predicted octanol–water partition coefficient (Wildman–Crippen LogP) is 3.36. The maximum atomic E-state index is 11.9. The van der Waals surface area contributed by atoms with E-state index in [2.05, 4.69) is 0 Å². The van der Waals surface area contributed by atoms with E-state index in [9.17, 15) is 9.59 Å². The van der Waals surface area contributed by atoms with Gasteiger partial charge in [-0.25, -0.2) is 0 Å². The highest BCUT2D eigenvalue weighted by Gasteiger charge is 2.33. The fourth-order valence-corrected chi connectivity index (χ4v) is 3.83. The van der Waals surface area contributed by atoms with Crippen LogP contribution in [0.1, 0.15) is 58.8 Å². The fourth-order valence-electron chi connectivity index (χ4n) is 3.83. The van der Waals surface area contributed by atoms with E-state index in [0.29, 0.717) is 17.7 Å². The van der Waals surface area contributed by atoms with Crippen molar-refractivity contribution in [3.8, 4) is 0 Å². The van der Waals surface area contributed by atoms with Gasteiger partial charge in [0.25, 0.3) is 11.8 Å². The minimum Gasteiger partial charge on any atom is -0.275 e. The lowest BCUT2D eigenvalue weighted by molar-refractivity contribution is -0.137. The summed E-state index contributed by atoms with van der Waals surface area (Å²) in [4.78, 5) is 25.3. The minimum atomic E-state index is -0.0885. The molecule has 2 aliphatic carbocycles. The lowest BCUT2D eigenvalue weighted by Crippen LogP contribution is -2.32. The average molecular weight is 273 g/mol. The molecule has 1 heterocycles. The second-order valence-electron chi connectivity index (χ2n) is 6.49. The number of carbonyl (C=O) groups excluding carboxylic acids is 2. The van der Waals surface area contributed by atoms with Gasteiger partial charge in [-0.3, -0.25) is 14.5 Å². The first-order valence-electron chi connectivity index (χ1n) is 7.81. The van der Waals surface area contributed by atoms with Gasteiger partial charge in [0.2, 0.25) is 0 Å². The van der Waals surface area contributed by atoms with Crippen LogP contribution in [0.3, 0.4) is 0 Å². The molecule has 3 nitrogen and oxygen atoms in total. The van der Waals surface area contributed by atoms with Crippen molar-refractivity contribution in [3.63, 3.8) is 0 Å². The molecule has 3 rings (SSSR count). The lowest BCUT2D eigenvalue weighted by Gasteiger charge is -2.16. The lowest BCUT2D eigenvalue weighted by atomic mass is 9.95. The number of hydrogen-bond acceptors (Lipinski definition) is 2. The molecule has 1 unspecified atom stereocenters. The number of nitrogens with zero attached hydrogens (tertiary/aromatic N) is 1. The van der Waals surface area contributed by atoms with Crippen molar-refractivity contribution in [1.29, 1.82) is 0 Å². The minimum absolute atomic E-state index is 0.0885. The number of fused-ring (bicyclic) bond motifs is 2. The fraction of sp³-hybridized carbons (Fsp3) is 0.647. The zero-order valence-corrected chi connectivity index (χ0v) is 12.5. The van der Waals surface area contributed by atoms with E-state index >= 15 is 0 Å². The molecule has 0 aromatic rings. The molecule has 1 aliphatic heterocycles. The van der Waals surface area contributed by atoms with Crippen molar-refractivity contribution < 1.29 is 9.59 Å². The van der Waals surface area contributed by atoms with Crippen LogP contribution in [0.4, 0.5) is 0 Å². The van der Waals surface area contributed by atoms with Crippen LogP contribution in [0.2, 0.25) is 0 Å². The van der Waals surface area contributed by atoms with Gasteiger partial charge in [-0.15, -0.1) is 0 Å². The number of allylic oxidation sites excluding steroid dienone is 2. The zero-order valence-electron chi connectivity index (χ0n) is 12.5. The van der Waals surface area contributed by atoms with Gasteiger partial charge in [-0.1, -0.05) is 11.1 Å². The molecule has 1 saturated carbocycles. The third-order valence-corrected chi connectivity index (χ3v) is 5.23. The Balaban J connectivity index is 1.45. The first kappa shape index (κ1) is 13.6. The molecule has 2 amide bonds. The molecule has 3 heteroatoms. The summed E-state index contributed by atoms with van der Waals surface area (Å²) in [6, 6.07) is 0. The standard InChI is InChI=1S/C17H23NO2/c1-11-12(2)17(20)18(16(11)19)8-4-3-5-14-9-13-6-7-15(14)10-13/h13H,3-10H2,1-2H3. The largest absolute Gasteiger partial charge is 0.275 e. The number of carbonyl (C=O) groups is 2. The van der Waals surface area contributed by atoms with Crippen molar-refractivity contribution >= 4 is 11.8 Å². The first-order chi connectivity index (χ1) is 9.58. The van der Waals surface area contributed by atoms with Gasteiger partial charge in [0.05, 0.1) is 0 Å². The Hall–Kier alpha value is -1.38. The van der Waals surface area contributed by atoms with E-state index in [1.165, 1.54) is 37.0 Å². The Morgan fingerprint density at radius 2 is 1.75 bits per heavy atom. The second-order valence-corrected chi connectivity index (χ2v) is 6.49. The molecule has 0 saturated heterocycles. The van der Waals surface area contributed by atoms with E-state index in [0.717, 1.165) is 18.8 Å². The zero-order chi connectivity index (χ0) is 14.3. The highest BCUT2D eigenvalue weighted by molar-refractivity contribution is 6.18. The Kier molecular flexibility index (Phi) is 3.53. The molecular weight excluding hydrogens is 250 g/mol. The van der Waals surface area contributed by atoms with Crippen LogP contribution in [0.15, 0.2) is 22.3 Å². The summed E-state index contributed by atoms with van der Waals surface area (Å²) in [6.07, 6.45) is 8.59. The summed E-state index contributed by atoms with van der Waals surface area (Å²) < 4.78 is 0. The monoisotopic (exact) mass is 273 g/mol. The van der Waals surface area contributed by atoms with Crippen LogP contribution in [-0.4, -0.2) is 23.3 Å². The normalized spacial score (nSPS) is 25.7. The average Bonchev–Trinajstić information content (AvgIpc) is 3.10. The Morgan fingerprint density at radius 1 is 1.05 bits per heavy atom. The summed E-state index contributed by atoms with van der Waals surface area (Å²) in [6.45, 7) is 4.08. The summed E-state index contributed by atoms with van der Waals surface area (Å²) in [5.74, 6) is 0.764. The Morgan fingerprint density at radius 3 is 2.30 bits per heavy atom. The molecule has 1 atom stereocenters. The molecule has 0 N–H and O–H groups in total. The van der Waals surface area contributed by atoms with E-state index in [1.807, 2.05) is 0 Å². The number of rotatable bonds is 5. The van der Waals surface area contributed by atoms with Crippen LogP contribution >= 0.6 is 0 Å². The van der Waals surface area contributed by atoms with Gasteiger partial charge >= 0.3 is 0 Å². The van der Waals surface area contributed by atoms with E-state index < -0.39 is 0 Å². The Labute approximate surface area is 120 Å². The van der Waals surface area contributed by atoms with Crippen LogP contribution in [0.25, 0.3) is 0 Å². The quantitative estimate of drug-likeness (QED) is 0.437. The number of hydrogen-bond donors (Lipinski definition) is 0. The van der Waals surface area contributed by atoms with Gasteiger partial charge in [0.15, 0.2) is 0 Å². The number of amides is 2. The third-order valence-electron chi connectivity index (χ3n) is 5.23. The van der Waals surface area contributed by atoms with E-state index in [-0.39, 0.29) is 11.8 Å². The molecule has 0 aromatic heterocycles. The van der Waals surface area contributed by atoms with Gasteiger partial charge < -0.3 is 0 Å². The summed E-state index contributed by atoms with van der Waals surface area (Å²) in [5, 5.41) is 0. The maximum absolute atomic E-state index is 11.9. The summed E-state index contributed by atoms with van der Waals surface area (Å²) in [7, 11) is 0.